The first-order chi connectivity index (χ1) is 8.69. The molecule has 2 rings (SSSR count). The summed E-state index contributed by atoms with van der Waals surface area (Å²) in [6, 6.07) is 0. The van der Waals surface area contributed by atoms with Crippen molar-refractivity contribution < 1.29 is 19.4 Å². The van der Waals surface area contributed by atoms with Crippen LogP contribution >= 0.6 is 0 Å². The largest absolute Gasteiger partial charge is 0.462 e. The van der Waals surface area contributed by atoms with Crippen molar-refractivity contribution in [2.24, 2.45) is 0 Å². The summed E-state index contributed by atoms with van der Waals surface area (Å²) >= 11 is 0. The van der Waals surface area contributed by atoms with Crippen LogP contribution in [0.2, 0.25) is 0 Å². The maximum absolute atomic E-state index is 11.0. The van der Waals surface area contributed by atoms with Gasteiger partial charge in [-0.3, -0.25) is 4.79 Å². The summed E-state index contributed by atoms with van der Waals surface area (Å²) < 4.78 is 11.1. The Morgan fingerprint density at radius 2 is 2.11 bits per heavy atom. The zero-order chi connectivity index (χ0) is 13.0. The molecule has 0 aromatic carbocycles. The van der Waals surface area contributed by atoms with E-state index in [9.17, 15) is 4.79 Å². The van der Waals surface area contributed by atoms with Gasteiger partial charge >= 0.3 is 5.97 Å². The van der Waals surface area contributed by atoms with Gasteiger partial charge in [-0.05, 0) is 44.1 Å². The first-order valence-electron chi connectivity index (χ1n) is 6.82. The summed E-state index contributed by atoms with van der Waals surface area (Å²) in [4.78, 5) is 11.0. The monoisotopic (exact) mass is 254 g/mol. The van der Waals surface area contributed by atoms with Crippen molar-refractivity contribution in [1.29, 1.82) is 0 Å². The second-order valence-corrected chi connectivity index (χ2v) is 5.20. The lowest BCUT2D eigenvalue weighted by atomic mass is 10.0. The number of cyclic esters (lactones) is 1. The van der Waals surface area contributed by atoms with Gasteiger partial charge in [-0.25, -0.2) is 0 Å². The van der Waals surface area contributed by atoms with E-state index in [2.05, 4.69) is 6.58 Å². The SMILES string of the molecule is C=C1CC(CCCO)OC1CCC1CCC(=O)O1. The molecule has 102 valence electrons. The van der Waals surface area contributed by atoms with Crippen molar-refractivity contribution in [3.63, 3.8) is 0 Å². The van der Waals surface area contributed by atoms with Crippen molar-refractivity contribution in [2.45, 2.75) is 63.3 Å². The van der Waals surface area contributed by atoms with Gasteiger partial charge in [0, 0.05) is 13.0 Å². The van der Waals surface area contributed by atoms with Crippen LogP contribution in [0.25, 0.3) is 0 Å². The van der Waals surface area contributed by atoms with Crippen LogP contribution in [0, 0.1) is 0 Å². The minimum absolute atomic E-state index is 0.0744. The van der Waals surface area contributed by atoms with E-state index >= 15 is 0 Å². The van der Waals surface area contributed by atoms with Gasteiger partial charge in [0.1, 0.15) is 6.10 Å². The molecule has 0 aromatic rings. The highest BCUT2D eigenvalue weighted by Gasteiger charge is 2.30. The molecule has 3 unspecified atom stereocenters. The van der Waals surface area contributed by atoms with Crippen LogP contribution in [0.5, 0.6) is 0 Å². The first kappa shape index (κ1) is 13.6. The van der Waals surface area contributed by atoms with Crippen molar-refractivity contribution in [3.05, 3.63) is 12.2 Å². The predicted octanol–water partition coefficient (Wildman–Crippen LogP) is 1.96. The van der Waals surface area contributed by atoms with E-state index in [-0.39, 0.29) is 30.9 Å². The van der Waals surface area contributed by atoms with E-state index in [0.29, 0.717) is 6.42 Å². The van der Waals surface area contributed by atoms with Gasteiger partial charge in [-0.2, -0.15) is 0 Å². The van der Waals surface area contributed by atoms with E-state index in [1.165, 1.54) is 0 Å². The lowest BCUT2D eigenvalue weighted by Gasteiger charge is -2.15. The normalized spacial score (nSPS) is 31.9. The molecule has 2 fully saturated rings. The third-order valence-electron chi connectivity index (χ3n) is 3.71. The van der Waals surface area contributed by atoms with E-state index < -0.39 is 0 Å². The topological polar surface area (TPSA) is 55.8 Å². The minimum atomic E-state index is -0.0769. The van der Waals surface area contributed by atoms with Gasteiger partial charge < -0.3 is 14.6 Å². The molecular weight excluding hydrogens is 232 g/mol. The van der Waals surface area contributed by atoms with Crippen molar-refractivity contribution in [3.8, 4) is 0 Å². The van der Waals surface area contributed by atoms with Gasteiger partial charge in [0.25, 0.3) is 0 Å². The Hall–Kier alpha value is -0.870. The Morgan fingerprint density at radius 1 is 1.28 bits per heavy atom. The van der Waals surface area contributed by atoms with Gasteiger partial charge in [0.05, 0.1) is 12.2 Å². The van der Waals surface area contributed by atoms with Crippen LogP contribution in [0.15, 0.2) is 12.2 Å². The number of hydrogen-bond acceptors (Lipinski definition) is 4. The Labute approximate surface area is 108 Å². The Morgan fingerprint density at radius 3 is 2.78 bits per heavy atom. The average Bonchev–Trinajstić information content (AvgIpc) is 2.90. The standard InChI is InChI=1S/C14H22O4/c1-10-9-12(3-2-8-15)17-13(10)6-4-11-5-7-14(16)18-11/h11-13,15H,1-9H2. The summed E-state index contributed by atoms with van der Waals surface area (Å²) in [5, 5.41) is 8.80. The Bertz CT molecular complexity index is 313. The summed E-state index contributed by atoms with van der Waals surface area (Å²) in [5.41, 5.74) is 1.14. The molecule has 0 saturated carbocycles. The van der Waals surface area contributed by atoms with Crippen LogP contribution in [-0.4, -0.2) is 36.0 Å². The van der Waals surface area contributed by atoms with Gasteiger partial charge in [-0.1, -0.05) is 6.58 Å². The lowest BCUT2D eigenvalue weighted by Crippen LogP contribution is -2.15. The third-order valence-corrected chi connectivity index (χ3v) is 3.71. The highest BCUT2D eigenvalue weighted by Crippen LogP contribution is 2.31. The molecular formula is C14H22O4. The molecule has 2 heterocycles. The zero-order valence-corrected chi connectivity index (χ0v) is 10.8. The van der Waals surface area contributed by atoms with Crippen molar-refractivity contribution >= 4 is 5.97 Å². The fourth-order valence-electron chi connectivity index (χ4n) is 2.68. The predicted molar refractivity (Wildman–Crippen MR) is 67.1 cm³/mol. The molecule has 2 saturated heterocycles. The van der Waals surface area contributed by atoms with E-state index in [1.54, 1.807) is 0 Å². The molecule has 0 spiro atoms. The number of carbonyl (C=O) groups is 1. The van der Waals surface area contributed by atoms with E-state index in [1.807, 2.05) is 0 Å². The van der Waals surface area contributed by atoms with Crippen LogP contribution in [-0.2, 0) is 14.3 Å². The first-order valence-corrected chi connectivity index (χ1v) is 6.82. The quantitative estimate of drug-likeness (QED) is 0.581. The molecule has 0 bridgehead atoms. The van der Waals surface area contributed by atoms with Crippen LogP contribution in [0.3, 0.4) is 0 Å². The van der Waals surface area contributed by atoms with E-state index in [4.69, 9.17) is 14.6 Å². The van der Waals surface area contributed by atoms with Gasteiger partial charge in [0.2, 0.25) is 0 Å². The maximum atomic E-state index is 11.0. The third kappa shape index (κ3) is 3.56. The van der Waals surface area contributed by atoms with Gasteiger partial charge in [-0.15, -0.1) is 0 Å². The average molecular weight is 254 g/mol. The molecule has 18 heavy (non-hydrogen) atoms. The van der Waals surface area contributed by atoms with Crippen molar-refractivity contribution in [2.75, 3.05) is 6.61 Å². The smallest absolute Gasteiger partial charge is 0.306 e. The molecule has 2 aliphatic heterocycles. The fraction of sp³-hybridized carbons (Fsp3) is 0.786. The maximum Gasteiger partial charge on any atom is 0.306 e. The number of esters is 1. The second-order valence-electron chi connectivity index (χ2n) is 5.20. The number of rotatable bonds is 6. The number of aliphatic hydroxyl groups excluding tert-OH is 1. The van der Waals surface area contributed by atoms with E-state index in [0.717, 1.165) is 44.1 Å². The molecule has 1 N–H and O–H groups in total. The lowest BCUT2D eigenvalue weighted by molar-refractivity contribution is -0.141. The molecule has 0 aromatic heterocycles. The van der Waals surface area contributed by atoms with Crippen LogP contribution in [0.4, 0.5) is 0 Å². The molecule has 4 nitrogen and oxygen atoms in total. The molecule has 0 radical (unpaired) electrons. The molecule has 4 heteroatoms. The second kappa shape index (κ2) is 6.34. The number of carbonyl (C=O) groups excluding carboxylic acids is 1. The van der Waals surface area contributed by atoms with Crippen molar-refractivity contribution in [1.82, 2.24) is 0 Å². The molecule has 3 atom stereocenters. The number of ether oxygens (including phenoxy) is 2. The molecule has 0 amide bonds. The van der Waals surface area contributed by atoms with Gasteiger partial charge in [0.15, 0.2) is 0 Å². The summed E-state index contributed by atoms with van der Waals surface area (Å²) in [5.74, 6) is -0.0769. The molecule has 2 aliphatic rings. The Kier molecular flexibility index (Phi) is 4.78. The summed E-state index contributed by atoms with van der Waals surface area (Å²) in [7, 11) is 0. The number of hydrogen-bond donors (Lipinski definition) is 1. The summed E-state index contributed by atoms with van der Waals surface area (Å²) in [6.07, 6.45) is 6.10. The summed E-state index contributed by atoms with van der Waals surface area (Å²) in [6.45, 7) is 4.28. The highest BCUT2D eigenvalue weighted by atomic mass is 16.5. The number of aliphatic hydroxyl groups is 1. The zero-order valence-electron chi connectivity index (χ0n) is 10.8. The highest BCUT2D eigenvalue weighted by molar-refractivity contribution is 5.71. The fourth-order valence-corrected chi connectivity index (χ4v) is 2.68. The van der Waals surface area contributed by atoms with Crippen LogP contribution < -0.4 is 0 Å². The van der Waals surface area contributed by atoms with Crippen LogP contribution in [0.1, 0.15) is 44.9 Å². The molecule has 0 aliphatic carbocycles. The minimum Gasteiger partial charge on any atom is -0.462 e. The Balaban J connectivity index is 1.69.